The van der Waals surface area contributed by atoms with Gasteiger partial charge in [0.25, 0.3) is 15.9 Å². The number of amides is 1. The summed E-state index contributed by atoms with van der Waals surface area (Å²) < 4.78 is 51.1. The normalized spacial score (nSPS) is 20.2. The Morgan fingerprint density at radius 2 is 2.15 bits per heavy atom. The maximum absolute atomic E-state index is 14.3. The SMILES string of the molecule is CC1(C)C[C@@H](CC(F)(F)CNc2cccc(S(N)(=O)=O)n2)CN1C(=O)O. The first kappa shape index (κ1) is 20.3. The standard InChI is InChI=1S/C15H22F2N4O4S/c1-14(2)6-10(8-21(14)13(22)23)7-15(16,17)9-19-11-4-3-5-12(20-11)26(18,24)25/h3-5,10H,6-9H2,1-2H3,(H,19,20)(H,22,23)(H2,18,24,25)/t10-/m0/s1. The molecule has 2 rings (SSSR count). The molecular weight excluding hydrogens is 370 g/mol. The first-order valence-corrected chi connectivity index (χ1v) is 9.47. The van der Waals surface area contributed by atoms with E-state index in [0.29, 0.717) is 6.42 Å². The molecular formula is C15H22F2N4O4S. The molecule has 0 aromatic carbocycles. The van der Waals surface area contributed by atoms with Gasteiger partial charge in [0.1, 0.15) is 5.82 Å². The van der Waals surface area contributed by atoms with E-state index in [0.717, 1.165) is 0 Å². The monoisotopic (exact) mass is 392 g/mol. The number of pyridine rings is 1. The highest BCUT2D eigenvalue weighted by Gasteiger charge is 2.45. The number of likely N-dealkylation sites (tertiary alicyclic amines) is 1. The van der Waals surface area contributed by atoms with Gasteiger partial charge in [-0.25, -0.2) is 32.1 Å². The number of primary sulfonamides is 1. The van der Waals surface area contributed by atoms with Crippen LogP contribution in [-0.4, -0.2) is 54.1 Å². The molecule has 1 aromatic heterocycles. The van der Waals surface area contributed by atoms with E-state index in [1.807, 2.05) is 0 Å². The lowest BCUT2D eigenvalue weighted by molar-refractivity contribution is -0.00844. The number of hydrogen-bond donors (Lipinski definition) is 3. The Kier molecular flexibility index (Phi) is 5.43. The molecule has 8 nitrogen and oxygen atoms in total. The smallest absolute Gasteiger partial charge is 0.407 e. The van der Waals surface area contributed by atoms with Gasteiger partial charge in [-0.15, -0.1) is 0 Å². The summed E-state index contributed by atoms with van der Waals surface area (Å²) in [6, 6.07) is 3.87. The number of aromatic nitrogens is 1. The van der Waals surface area contributed by atoms with Crippen molar-refractivity contribution in [3.05, 3.63) is 18.2 Å². The fourth-order valence-corrected chi connectivity index (χ4v) is 3.74. The Bertz CT molecular complexity index is 786. The van der Waals surface area contributed by atoms with Crippen LogP contribution in [0.3, 0.4) is 0 Å². The zero-order chi connectivity index (χ0) is 19.8. The minimum atomic E-state index is -4.02. The van der Waals surface area contributed by atoms with Gasteiger partial charge >= 0.3 is 6.09 Å². The Hall–Kier alpha value is -2.01. The summed E-state index contributed by atoms with van der Waals surface area (Å²) in [5.74, 6) is -3.62. The number of carbonyl (C=O) groups is 1. The van der Waals surface area contributed by atoms with Crippen molar-refractivity contribution < 1.29 is 27.1 Å². The van der Waals surface area contributed by atoms with Crippen molar-refractivity contribution in [2.45, 2.75) is 43.2 Å². The molecule has 1 aliphatic heterocycles. The number of carboxylic acid groups (broad SMARTS) is 1. The number of alkyl halides is 2. The Morgan fingerprint density at radius 3 is 2.69 bits per heavy atom. The molecule has 11 heteroatoms. The third kappa shape index (κ3) is 5.01. The van der Waals surface area contributed by atoms with Crippen LogP contribution in [0.5, 0.6) is 0 Å². The van der Waals surface area contributed by atoms with Crippen LogP contribution in [-0.2, 0) is 10.0 Å². The second-order valence-corrected chi connectivity index (χ2v) is 8.60. The number of rotatable bonds is 6. The summed E-state index contributed by atoms with van der Waals surface area (Å²) in [6.45, 7) is 2.72. The van der Waals surface area contributed by atoms with E-state index in [2.05, 4.69) is 10.3 Å². The first-order chi connectivity index (χ1) is 11.8. The zero-order valence-electron chi connectivity index (χ0n) is 14.4. The van der Waals surface area contributed by atoms with Gasteiger partial charge in [-0.2, -0.15) is 0 Å². The highest BCUT2D eigenvalue weighted by atomic mass is 32.2. The van der Waals surface area contributed by atoms with Crippen molar-refractivity contribution in [1.29, 1.82) is 0 Å². The molecule has 1 atom stereocenters. The lowest BCUT2D eigenvalue weighted by Crippen LogP contribution is -2.41. The molecule has 26 heavy (non-hydrogen) atoms. The van der Waals surface area contributed by atoms with Crippen LogP contribution in [0.4, 0.5) is 19.4 Å². The molecule has 0 bridgehead atoms. The van der Waals surface area contributed by atoms with Crippen LogP contribution in [0.15, 0.2) is 23.2 Å². The van der Waals surface area contributed by atoms with Crippen LogP contribution in [0.25, 0.3) is 0 Å². The summed E-state index contributed by atoms with van der Waals surface area (Å²) >= 11 is 0. The number of nitrogens with two attached hydrogens (primary N) is 1. The predicted molar refractivity (Wildman–Crippen MR) is 90.6 cm³/mol. The van der Waals surface area contributed by atoms with E-state index in [4.69, 9.17) is 10.2 Å². The molecule has 1 aliphatic rings. The largest absolute Gasteiger partial charge is 0.465 e. The summed E-state index contributed by atoms with van der Waals surface area (Å²) in [5, 5.41) is 16.1. The molecule has 0 radical (unpaired) electrons. The Labute approximate surface area is 150 Å². The quantitative estimate of drug-likeness (QED) is 0.679. The highest BCUT2D eigenvalue weighted by molar-refractivity contribution is 7.89. The summed E-state index contributed by atoms with van der Waals surface area (Å²) in [4.78, 5) is 16.1. The molecule has 1 saturated heterocycles. The number of nitrogens with zero attached hydrogens (tertiary/aromatic N) is 2. The van der Waals surface area contributed by atoms with Crippen molar-refractivity contribution in [2.75, 3.05) is 18.4 Å². The van der Waals surface area contributed by atoms with Gasteiger partial charge in [-0.3, -0.25) is 0 Å². The van der Waals surface area contributed by atoms with Gasteiger partial charge in [0, 0.05) is 18.5 Å². The second-order valence-electron chi connectivity index (χ2n) is 7.10. The Balaban J connectivity index is 1.99. The summed E-state index contributed by atoms with van der Waals surface area (Å²) in [6.07, 6.45) is -1.26. The van der Waals surface area contributed by atoms with Gasteiger partial charge in [0.05, 0.1) is 6.54 Å². The molecule has 4 N–H and O–H groups in total. The summed E-state index contributed by atoms with van der Waals surface area (Å²) in [7, 11) is -4.02. The van der Waals surface area contributed by atoms with E-state index in [1.165, 1.54) is 23.1 Å². The fourth-order valence-electron chi connectivity index (χ4n) is 3.25. The van der Waals surface area contributed by atoms with Crippen LogP contribution in [0.1, 0.15) is 26.7 Å². The van der Waals surface area contributed by atoms with Crippen molar-refractivity contribution in [3.63, 3.8) is 0 Å². The molecule has 0 spiro atoms. The van der Waals surface area contributed by atoms with E-state index in [9.17, 15) is 22.0 Å². The third-order valence-corrected chi connectivity index (χ3v) is 5.13. The Morgan fingerprint density at radius 1 is 1.50 bits per heavy atom. The van der Waals surface area contributed by atoms with Crippen molar-refractivity contribution >= 4 is 21.9 Å². The van der Waals surface area contributed by atoms with E-state index < -0.39 is 51.5 Å². The van der Waals surface area contributed by atoms with Crippen LogP contribution >= 0.6 is 0 Å². The lowest BCUT2D eigenvalue weighted by atomic mass is 9.92. The van der Waals surface area contributed by atoms with E-state index in [1.54, 1.807) is 13.8 Å². The highest BCUT2D eigenvalue weighted by Crippen LogP contribution is 2.38. The van der Waals surface area contributed by atoms with E-state index >= 15 is 0 Å². The lowest BCUT2D eigenvalue weighted by Gasteiger charge is -2.28. The van der Waals surface area contributed by atoms with Crippen molar-refractivity contribution in [2.24, 2.45) is 11.1 Å². The molecule has 0 aliphatic carbocycles. The maximum atomic E-state index is 14.3. The molecule has 0 unspecified atom stereocenters. The number of nitrogens with one attached hydrogen (secondary N) is 1. The molecule has 1 aromatic rings. The minimum Gasteiger partial charge on any atom is -0.465 e. The molecule has 146 valence electrons. The molecule has 2 heterocycles. The molecule has 1 fully saturated rings. The molecule has 0 saturated carbocycles. The third-order valence-electron chi connectivity index (χ3n) is 4.32. The minimum absolute atomic E-state index is 0.0323. The second kappa shape index (κ2) is 6.95. The van der Waals surface area contributed by atoms with Crippen LogP contribution in [0, 0.1) is 5.92 Å². The zero-order valence-corrected chi connectivity index (χ0v) is 15.3. The van der Waals surface area contributed by atoms with Gasteiger partial charge < -0.3 is 15.3 Å². The number of halogens is 2. The van der Waals surface area contributed by atoms with Crippen LogP contribution in [0.2, 0.25) is 0 Å². The number of sulfonamides is 1. The van der Waals surface area contributed by atoms with Gasteiger partial charge in [-0.1, -0.05) is 6.07 Å². The first-order valence-electron chi connectivity index (χ1n) is 7.92. The molecule has 1 amide bonds. The van der Waals surface area contributed by atoms with E-state index in [-0.39, 0.29) is 12.4 Å². The summed E-state index contributed by atoms with van der Waals surface area (Å²) in [5.41, 5.74) is -0.689. The van der Waals surface area contributed by atoms with Gasteiger partial charge in [0.15, 0.2) is 5.03 Å². The fraction of sp³-hybridized carbons (Fsp3) is 0.600. The number of anilines is 1. The van der Waals surface area contributed by atoms with Gasteiger partial charge in [-0.05, 0) is 38.3 Å². The maximum Gasteiger partial charge on any atom is 0.407 e. The topological polar surface area (TPSA) is 126 Å². The van der Waals surface area contributed by atoms with Gasteiger partial charge in [0.2, 0.25) is 0 Å². The number of hydrogen-bond acceptors (Lipinski definition) is 5. The average molecular weight is 392 g/mol. The predicted octanol–water partition coefficient (Wildman–Crippen LogP) is 1.94. The van der Waals surface area contributed by atoms with Crippen molar-refractivity contribution in [1.82, 2.24) is 9.88 Å². The van der Waals surface area contributed by atoms with Crippen LogP contribution < -0.4 is 10.5 Å². The average Bonchev–Trinajstić information content (AvgIpc) is 2.78. The van der Waals surface area contributed by atoms with Crippen molar-refractivity contribution in [3.8, 4) is 0 Å².